The Balaban J connectivity index is 1.73. The fourth-order valence-electron chi connectivity index (χ4n) is 2.90. The molecule has 0 radical (unpaired) electrons. The number of anilines is 1. The van der Waals surface area contributed by atoms with Crippen molar-refractivity contribution >= 4 is 33.3 Å². The largest absolute Gasteiger partial charge is 0.492 e. The van der Waals surface area contributed by atoms with E-state index >= 15 is 0 Å². The number of para-hydroxylation sites is 1. The zero-order valence-electron chi connectivity index (χ0n) is 15.6. The molecule has 29 heavy (non-hydrogen) atoms. The van der Waals surface area contributed by atoms with E-state index in [1.165, 1.54) is 22.1 Å². The van der Waals surface area contributed by atoms with Gasteiger partial charge in [-0.15, -0.1) is 0 Å². The number of nitrogens with one attached hydrogen (secondary N) is 1. The summed E-state index contributed by atoms with van der Waals surface area (Å²) >= 11 is 1.36. The van der Waals surface area contributed by atoms with Gasteiger partial charge in [-0.2, -0.15) is 9.78 Å². The molecule has 0 atom stereocenters. The van der Waals surface area contributed by atoms with Crippen LogP contribution in [0.1, 0.15) is 23.0 Å². The van der Waals surface area contributed by atoms with E-state index in [0.29, 0.717) is 28.7 Å². The number of halogens is 2. The summed E-state index contributed by atoms with van der Waals surface area (Å²) in [7, 11) is 0. The minimum atomic E-state index is -0.938. The lowest BCUT2D eigenvalue weighted by atomic mass is 10.2. The van der Waals surface area contributed by atoms with E-state index in [9.17, 15) is 13.6 Å². The van der Waals surface area contributed by atoms with Gasteiger partial charge >= 0.3 is 0 Å². The van der Waals surface area contributed by atoms with Crippen LogP contribution in [0.3, 0.4) is 0 Å². The minimum absolute atomic E-state index is 0.257. The van der Waals surface area contributed by atoms with Gasteiger partial charge in [-0.05, 0) is 38.1 Å². The van der Waals surface area contributed by atoms with Crippen LogP contribution in [0, 0.1) is 18.6 Å². The lowest BCUT2D eigenvalue weighted by molar-refractivity contribution is 0.101. The summed E-state index contributed by atoms with van der Waals surface area (Å²) in [4.78, 5) is 17.1. The van der Waals surface area contributed by atoms with Crippen LogP contribution in [0.5, 0.6) is 5.75 Å². The highest BCUT2D eigenvalue weighted by atomic mass is 32.1. The van der Waals surface area contributed by atoms with Gasteiger partial charge in [-0.25, -0.2) is 13.8 Å². The molecule has 9 heteroatoms. The highest BCUT2D eigenvalue weighted by Gasteiger charge is 2.21. The van der Waals surface area contributed by atoms with Gasteiger partial charge in [0.1, 0.15) is 34.3 Å². The van der Waals surface area contributed by atoms with Crippen LogP contribution in [-0.2, 0) is 0 Å². The van der Waals surface area contributed by atoms with Gasteiger partial charge in [0.2, 0.25) is 5.13 Å². The van der Waals surface area contributed by atoms with E-state index in [1.54, 1.807) is 13.0 Å². The monoisotopic (exact) mass is 414 g/mol. The molecule has 4 aromatic rings. The molecule has 4 rings (SSSR count). The first kappa shape index (κ1) is 19.0. The number of carbonyl (C=O) groups excluding carboxylic acids is 1. The Morgan fingerprint density at radius 1 is 1.21 bits per heavy atom. The average Bonchev–Trinajstić information content (AvgIpc) is 3.25. The molecule has 0 saturated heterocycles. The predicted octanol–water partition coefficient (Wildman–Crippen LogP) is 4.72. The smallest absolute Gasteiger partial charge is 0.262 e. The molecule has 0 spiro atoms. The molecular formula is C20H16F2N4O2S. The van der Waals surface area contributed by atoms with Crippen LogP contribution >= 0.6 is 11.3 Å². The van der Waals surface area contributed by atoms with Gasteiger partial charge in [0.15, 0.2) is 0 Å². The number of nitrogens with zero attached hydrogens (tertiary/aromatic N) is 3. The molecule has 148 valence electrons. The number of ether oxygens (including phenoxy) is 1. The van der Waals surface area contributed by atoms with E-state index < -0.39 is 23.1 Å². The van der Waals surface area contributed by atoms with Crippen molar-refractivity contribution in [3.05, 3.63) is 65.4 Å². The van der Waals surface area contributed by atoms with Gasteiger partial charge in [-0.3, -0.25) is 4.79 Å². The fourth-order valence-corrected chi connectivity index (χ4v) is 3.85. The Bertz CT molecular complexity index is 1200. The number of amides is 1. The van der Waals surface area contributed by atoms with Crippen LogP contribution in [-0.4, -0.2) is 27.3 Å². The molecule has 0 fully saturated rings. The first-order valence-corrected chi connectivity index (χ1v) is 9.64. The third-order valence-electron chi connectivity index (χ3n) is 4.11. The standard InChI is InChI=1S/C20H16F2N4O2S/c1-3-28-14-8-5-9-15-18(14)24-20(29-15)26-16(10-11(2)25-26)23-19(27)17-12(21)6-4-7-13(17)22/h4-10H,3H2,1-2H3,(H,23,27). The lowest BCUT2D eigenvalue weighted by Crippen LogP contribution is -2.18. The minimum Gasteiger partial charge on any atom is -0.492 e. The Labute approximate surface area is 168 Å². The normalized spacial score (nSPS) is 11.0. The van der Waals surface area contributed by atoms with Crippen LogP contribution in [0.15, 0.2) is 42.5 Å². The second kappa shape index (κ2) is 7.59. The van der Waals surface area contributed by atoms with Crippen LogP contribution < -0.4 is 10.1 Å². The highest BCUT2D eigenvalue weighted by molar-refractivity contribution is 7.20. The maximum Gasteiger partial charge on any atom is 0.262 e. The van der Waals surface area contributed by atoms with Crippen molar-refractivity contribution < 1.29 is 18.3 Å². The van der Waals surface area contributed by atoms with Crippen molar-refractivity contribution in [2.24, 2.45) is 0 Å². The zero-order chi connectivity index (χ0) is 20.5. The number of thiazole rings is 1. The summed E-state index contributed by atoms with van der Waals surface area (Å²) in [5, 5.41) is 7.38. The van der Waals surface area contributed by atoms with E-state index in [4.69, 9.17) is 4.74 Å². The third-order valence-corrected chi connectivity index (χ3v) is 5.11. The quantitative estimate of drug-likeness (QED) is 0.513. The number of rotatable bonds is 5. The number of carbonyl (C=O) groups is 1. The van der Waals surface area contributed by atoms with E-state index in [0.717, 1.165) is 16.8 Å². The maximum absolute atomic E-state index is 13.9. The van der Waals surface area contributed by atoms with E-state index in [1.807, 2.05) is 25.1 Å². The van der Waals surface area contributed by atoms with Gasteiger partial charge in [0.25, 0.3) is 5.91 Å². The van der Waals surface area contributed by atoms with Gasteiger partial charge in [0, 0.05) is 6.07 Å². The molecule has 0 aliphatic heterocycles. The van der Waals surface area contributed by atoms with Crippen LogP contribution in [0.2, 0.25) is 0 Å². The number of benzene rings is 2. The highest BCUT2D eigenvalue weighted by Crippen LogP contribution is 2.32. The molecule has 2 heterocycles. The summed E-state index contributed by atoms with van der Waals surface area (Å²) in [5.74, 6) is -1.88. The number of hydrogen-bond acceptors (Lipinski definition) is 5. The zero-order valence-corrected chi connectivity index (χ0v) is 16.4. The predicted molar refractivity (Wildman–Crippen MR) is 107 cm³/mol. The van der Waals surface area contributed by atoms with Crippen LogP contribution in [0.25, 0.3) is 15.3 Å². The van der Waals surface area contributed by atoms with E-state index in [-0.39, 0.29) is 5.82 Å². The van der Waals surface area contributed by atoms with Crippen LogP contribution in [0.4, 0.5) is 14.6 Å². The molecule has 2 aromatic heterocycles. The molecule has 1 amide bonds. The summed E-state index contributed by atoms with van der Waals surface area (Å²) in [6, 6.07) is 10.5. The SMILES string of the molecule is CCOc1cccc2sc(-n3nc(C)cc3NC(=O)c3c(F)cccc3F)nc12. The number of fused-ring (bicyclic) bond motifs is 1. The maximum atomic E-state index is 13.9. The average molecular weight is 414 g/mol. The summed E-state index contributed by atoms with van der Waals surface area (Å²) in [5.41, 5.74) is 0.638. The summed E-state index contributed by atoms with van der Waals surface area (Å²) < 4.78 is 35.8. The van der Waals surface area contributed by atoms with Crippen molar-refractivity contribution in [1.82, 2.24) is 14.8 Å². The van der Waals surface area contributed by atoms with Gasteiger partial charge in [0.05, 0.1) is 17.0 Å². The second-order valence-corrected chi connectivity index (χ2v) is 7.17. The topological polar surface area (TPSA) is 69.0 Å². The Hall–Kier alpha value is -3.33. The summed E-state index contributed by atoms with van der Waals surface area (Å²) in [6.45, 7) is 4.13. The van der Waals surface area contributed by atoms with Crippen molar-refractivity contribution in [2.45, 2.75) is 13.8 Å². The molecule has 2 aromatic carbocycles. The first-order chi connectivity index (χ1) is 14.0. The molecule has 0 bridgehead atoms. The van der Waals surface area contributed by atoms with Crippen molar-refractivity contribution in [3.63, 3.8) is 0 Å². The number of hydrogen-bond donors (Lipinski definition) is 1. The Morgan fingerprint density at radius 3 is 2.66 bits per heavy atom. The first-order valence-electron chi connectivity index (χ1n) is 8.82. The van der Waals surface area contributed by atoms with Crippen molar-refractivity contribution in [3.8, 4) is 10.9 Å². The third kappa shape index (κ3) is 3.56. The molecule has 0 saturated carbocycles. The van der Waals surface area contributed by atoms with Gasteiger partial charge < -0.3 is 10.1 Å². The van der Waals surface area contributed by atoms with Gasteiger partial charge in [-0.1, -0.05) is 23.5 Å². The number of aromatic nitrogens is 3. The molecule has 1 N–H and O–H groups in total. The molecule has 6 nitrogen and oxygen atoms in total. The fraction of sp³-hybridized carbons (Fsp3) is 0.150. The number of aryl methyl sites for hydroxylation is 1. The van der Waals surface area contributed by atoms with Crippen molar-refractivity contribution in [1.29, 1.82) is 0 Å². The Kier molecular flexibility index (Phi) is 4.98. The van der Waals surface area contributed by atoms with Crippen molar-refractivity contribution in [2.75, 3.05) is 11.9 Å². The van der Waals surface area contributed by atoms with E-state index in [2.05, 4.69) is 15.4 Å². The molecule has 0 aliphatic rings. The Morgan fingerprint density at radius 2 is 1.93 bits per heavy atom. The molecule has 0 aliphatic carbocycles. The molecular weight excluding hydrogens is 398 g/mol. The second-order valence-electron chi connectivity index (χ2n) is 6.17. The lowest BCUT2D eigenvalue weighted by Gasteiger charge is -2.08. The molecule has 0 unspecified atom stereocenters. The summed E-state index contributed by atoms with van der Waals surface area (Å²) in [6.07, 6.45) is 0.